The molecule has 2 bridgehead atoms. The highest BCUT2D eigenvalue weighted by molar-refractivity contribution is 6.74. The minimum atomic E-state index is -1.91. The van der Waals surface area contributed by atoms with Gasteiger partial charge in [-0.05, 0) is 42.5 Å². The average molecular weight is 362 g/mol. The Kier molecular flexibility index (Phi) is 4.63. The zero-order valence-electron chi connectivity index (χ0n) is 16.3. The lowest BCUT2D eigenvalue weighted by molar-refractivity contribution is 0.00717. The molecule has 0 aromatic carbocycles. The van der Waals surface area contributed by atoms with Crippen LogP contribution >= 0.6 is 0 Å². The number of aromatic nitrogens is 1. The molecule has 0 saturated heterocycles. The first-order valence-electron chi connectivity index (χ1n) is 9.15. The van der Waals surface area contributed by atoms with Crippen molar-refractivity contribution < 1.29 is 14.3 Å². The van der Waals surface area contributed by atoms with Crippen LogP contribution in [-0.2, 0) is 16.3 Å². The number of pyridine rings is 1. The topological polar surface area (TPSA) is 51.6 Å². The van der Waals surface area contributed by atoms with Crippen LogP contribution in [0.5, 0.6) is 5.88 Å². The number of aliphatic hydroxyl groups excluding tert-OH is 1. The molecule has 5 heteroatoms. The van der Waals surface area contributed by atoms with Gasteiger partial charge >= 0.3 is 0 Å². The van der Waals surface area contributed by atoms with Gasteiger partial charge in [-0.15, -0.1) is 0 Å². The Hall–Kier alpha value is -1.17. The van der Waals surface area contributed by atoms with Gasteiger partial charge in [0.2, 0.25) is 5.88 Å². The van der Waals surface area contributed by atoms with Crippen molar-refractivity contribution in [3.8, 4) is 5.88 Å². The molecule has 3 rings (SSSR count). The van der Waals surface area contributed by atoms with E-state index in [9.17, 15) is 5.11 Å². The molecule has 0 saturated carbocycles. The number of allylic oxidation sites excluding steroid dienone is 1. The average Bonchev–Trinajstić information content (AvgIpc) is 2.53. The highest BCUT2D eigenvalue weighted by atomic mass is 28.4. The van der Waals surface area contributed by atoms with Crippen LogP contribution < -0.4 is 4.74 Å². The molecule has 1 aromatic heterocycles. The van der Waals surface area contributed by atoms with E-state index in [-0.39, 0.29) is 11.0 Å². The lowest BCUT2D eigenvalue weighted by Gasteiger charge is -2.49. The Balaban J connectivity index is 2.00. The van der Waals surface area contributed by atoms with Crippen molar-refractivity contribution >= 4 is 8.32 Å². The molecule has 2 aliphatic carbocycles. The molecule has 0 radical (unpaired) electrons. The third-order valence-electron chi connectivity index (χ3n) is 6.42. The summed E-state index contributed by atoms with van der Waals surface area (Å²) in [7, 11) is -0.266. The van der Waals surface area contributed by atoms with Crippen LogP contribution in [0.2, 0.25) is 18.1 Å². The molecule has 0 unspecified atom stereocenters. The van der Waals surface area contributed by atoms with Crippen LogP contribution in [0.25, 0.3) is 0 Å². The fourth-order valence-corrected chi connectivity index (χ4v) is 4.73. The molecule has 1 N–H and O–H groups in total. The van der Waals surface area contributed by atoms with Crippen LogP contribution in [0.1, 0.15) is 38.4 Å². The molecular weight excluding hydrogens is 330 g/mol. The van der Waals surface area contributed by atoms with Crippen LogP contribution in [0.15, 0.2) is 24.3 Å². The number of hydrogen-bond donors (Lipinski definition) is 1. The van der Waals surface area contributed by atoms with E-state index in [1.54, 1.807) is 7.11 Å². The molecule has 4 nitrogen and oxygen atoms in total. The van der Waals surface area contributed by atoms with E-state index < -0.39 is 19.8 Å². The van der Waals surface area contributed by atoms with E-state index in [0.29, 0.717) is 12.5 Å². The maximum atomic E-state index is 11.1. The van der Waals surface area contributed by atoms with Gasteiger partial charge in [-0.25, -0.2) is 4.98 Å². The van der Waals surface area contributed by atoms with E-state index in [0.717, 1.165) is 24.1 Å². The predicted molar refractivity (Wildman–Crippen MR) is 103 cm³/mol. The van der Waals surface area contributed by atoms with Crippen molar-refractivity contribution in [1.29, 1.82) is 0 Å². The lowest BCUT2D eigenvalue weighted by Crippen LogP contribution is -2.55. The molecule has 1 aromatic rings. The van der Waals surface area contributed by atoms with E-state index in [2.05, 4.69) is 57.1 Å². The first kappa shape index (κ1) is 18.6. The Morgan fingerprint density at radius 2 is 2.04 bits per heavy atom. The van der Waals surface area contributed by atoms with Crippen LogP contribution in [0.3, 0.4) is 0 Å². The summed E-state index contributed by atoms with van der Waals surface area (Å²) in [5.41, 5.74) is 1.63. The molecule has 25 heavy (non-hydrogen) atoms. The number of ether oxygens (including phenoxy) is 1. The summed E-state index contributed by atoms with van der Waals surface area (Å²) >= 11 is 0. The van der Waals surface area contributed by atoms with Crippen molar-refractivity contribution in [3.63, 3.8) is 0 Å². The van der Waals surface area contributed by atoms with Crippen LogP contribution in [-0.4, -0.2) is 38.2 Å². The monoisotopic (exact) mass is 361 g/mol. The molecule has 0 aliphatic heterocycles. The second-order valence-corrected chi connectivity index (χ2v) is 13.8. The number of hydrogen-bond acceptors (Lipinski definition) is 4. The van der Waals surface area contributed by atoms with Crippen molar-refractivity contribution in [2.75, 3.05) is 13.7 Å². The lowest BCUT2D eigenvalue weighted by atomic mass is 9.62. The standard InChI is InChI=1S/C20H31NO3Si/c1-19(2,3)25(5,6)24-13-20-11-7-8-14(18(20)22)12-16-15(20)9-10-17(21-16)23-4/h7,9-11,14,18,22H,8,12-13H2,1-6H3/t14-,18+,20-/m0/s1. The molecule has 0 amide bonds. The minimum absolute atomic E-state index is 0.141. The van der Waals surface area contributed by atoms with E-state index in [4.69, 9.17) is 9.16 Å². The minimum Gasteiger partial charge on any atom is -0.481 e. The fourth-order valence-electron chi connectivity index (χ4n) is 3.70. The maximum absolute atomic E-state index is 11.1. The number of nitrogens with zero attached hydrogens (tertiary/aromatic N) is 1. The van der Waals surface area contributed by atoms with Gasteiger partial charge in [-0.1, -0.05) is 39.0 Å². The van der Waals surface area contributed by atoms with Crippen molar-refractivity contribution in [3.05, 3.63) is 35.5 Å². The SMILES string of the molecule is COc1ccc2c(n1)C[C@@H]1CC=C[C@@]2(CO[Si](C)(C)C(C)(C)C)[C@@H]1O. The smallest absolute Gasteiger partial charge is 0.213 e. The predicted octanol–water partition coefficient (Wildman–Crippen LogP) is 3.84. The Bertz CT molecular complexity index is 680. The molecule has 0 spiro atoms. The van der Waals surface area contributed by atoms with Gasteiger partial charge in [0, 0.05) is 18.4 Å². The van der Waals surface area contributed by atoms with Gasteiger partial charge in [0.1, 0.15) is 0 Å². The largest absolute Gasteiger partial charge is 0.481 e. The highest BCUT2D eigenvalue weighted by Gasteiger charge is 2.50. The zero-order chi connectivity index (χ0) is 18.5. The number of aliphatic hydroxyl groups is 1. The van der Waals surface area contributed by atoms with Gasteiger partial charge in [0.15, 0.2) is 8.32 Å². The van der Waals surface area contributed by atoms with Gasteiger partial charge in [0.05, 0.1) is 18.6 Å². The Labute approximate surface area is 152 Å². The maximum Gasteiger partial charge on any atom is 0.213 e. The Morgan fingerprint density at radius 1 is 1.32 bits per heavy atom. The van der Waals surface area contributed by atoms with E-state index >= 15 is 0 Å². The van der Waals surface area contributed by atoms with Crippen molar-refractivity contribution in [2.24, 2.45) is 5.92 Å². The third kappa shape index (κ3) is 3.07. The van der Waals surface area contributed by atoms with Crippen LogP contribution in [0.4, 0.5) is 0 Å². The quantitative estimate of drug-likeness (QED) is 0.654. The van der Waals surface area contributed by atoms with Gasteiger partial charge in [-0.2, -0.15) is 0 Å². The second kappa shape index (κ2) is 6.22. The van der Waals surface area contributed by atoms with Gasteiger partial charge < -0.3 is 14.3 Å². The van der Waals surface area contributed by atoms with Crippen LogP contribution in [0, 0.1) is 5.92 Å². The first-order valence-corrected chi connectivity index (χ1v) is 12.1. The summed E-state index contributed by atoms with van der Waals surface area (Å²) in [6.45, 7) is 11.8. The summed E-state index contributed by atoms with van der Waals surface area (Å²) in [5.74, 6) is 0.831. The summed E-state index contributed by atoms with van der Waals surface area (Å²) in [6, 6.07) is 3.95. The summed E-state index contributed by atoms with van der Waals surface area (Å²) in [5, 5.41) is 11.3. The van der Waals surface area contributed by atoms with Gasteiger partial charge in [-0.3, -0.25) is 0 Å². The number of methoxy groups -OCH3 is 1. The Morgan fingerprint density at radius 3 is 2.68 bits per heavy atom. The first-order chi connectivity index (χ1) is 11.6. The molecular formula is C20H31NO3Si. The number of rotatable bonds is 4. The summed E-state index contributed by atoms with van der Waals surface area (Å²) < 4.78 is 11.9. The molecule has 138 valence electrons. The molecule has 2 aliphatic rings. The second-order valence-electron chi connectivity index (χ2n) is 8.98. The van der Waals surface area contributed by atoms with E-state index in [1.165, 1.54) is 0 Å². The molecule has 1 heterocycles. The van der Waals surface area contributed by atoms with Gasteiger partial charge in [0.25, 0.3) is 0 Å². The zero-order valence-corrected chi connectivity index (χ0v) is 17.3. The highest BCUT2D eigenvalue weighted by Crippen LogP contribution is 2.47. The molecule has 3 atom stereocenters. The fraction of sp³-hybridized carbons (Fsp3) is 0.650. The number of fused-ring (bicyclic) bond motifs is 4. The third-order valence-corrected chi connectivity index (χ3v) is 10.9. The van der Waals surface area contributed by atoms with Crippen molar-refractivity contribution in [2.45, 2.75) is 63.3 Å². The summed E-state index contributed by atoms with van der Waals surface area (Å²) in [4.78, 5) is 4.68. The molecule has 0 fully saturated rings. The summed E-state index contributed by atoms with van der Waals surface area (Å²) in [6.07, 6.45) is 5.62. The van der Waals surface area contributed by atoms with E-state index in [1.807, 2.05) is 6.07 Å². The van der Waals surface area contributed by atoms with Crippen molar-refractivity contribution in [1.82, 2.24) is 4.98 Å². The normalized spacial score (nSPS) is 28.6.